The molecule has 0 amide bonds. The Morgan fingerprint density at radius 3 is 2.39 bits per heavy atom. The highest BCUT2D eigenvalue weighted by molar-refractivity contribution is 7.62. The van der Waals surface area contributed by atoms with E-state index in [0.29, 0.717) is 5.89 Å². The van der Waals surface area contributed by atoms with Gasteiger partial charge in [-0.1, -0.05) is 30.3 Å². The van der Waals surface area contributed by atoms with Gasteiger partial charge in [0, 0.05) is 13.1 Å². The van der Waals surface area contributed by atoms with Crippen LogP contribution in [0, 0.1) is 0 Å². The van der Waals surface area contributed by atoms with Gasteiger partial charge < -0.3 is 18.8 Å². The van der Waals surface area contributed by atoms with Gasteiger partial charge in [0.05, 0.1) is 13.2 Å². The van der Waals surface area contributed by atoms with Crippen molar-refractivity contribution in [3.05, 3.63) is 41.8 Å². The maximum absolute atomic E-state index is 12.9. The SMILES string of the molecule is CCOP(=O)(OCC)c1nc(/C=C/c2ccccc2)oc1NC. The lowest BCUT2D eigenvalue weighted by atomic mass is 10.2. The minimum absolute atomic E-state index is 0.163. The van der Waals surface area contributed by atoms with Gasteiger partial charge in [0.1, 0.15) is 0 Å². The lowest BCUT2D eigenvalue weighted by molar-refractivity contribution is 0.229. The number of oxazole rings is 1. The Morgan fingerprint density at radius 1 is 1.17 bits per heavy atom. The van der Waals surface area contributed by atoms with E-state index >= 15 is 0 Å². The van der Waals surface area contributed by atoms with E-state index < -0.39 is 7.60 Å². The molecular formula is C16H21N2O4P. The summed E-state index contributed by atoms with van der Waals surface area (Å²) in [6.07, 6.45) is 3.57. The summed E-state index contributed by atoms with van der Waals surface area (Å²) < 4.78 is 29.1. The summed E-state index contributed by atoms with van der Waals surface area (Å²) in [6, 6.07) is 9.76. The molecular weight excluding hydrogens is 315 g/mol. The van der Waals surface area contributed by atoms with Crippen molar-refractivity contribution in [2.75, 3.05) is 25.6 Å². The van der Waals surface area contributed by atoms with Crippen LogP contribution in [-0.2, 0) is 13.6 Å². The molecule has 1 aromatic carbocycles. The first-order valence-electron chi connectivity index (χ1n) is 7.44. The van der Waals surface area contributed by atoms with Crippen molar-refractivity contribution in [1.82, 2.24) is 4.98 Å². The zero-order valence-electron chi connectivity index (χ0n) is 13.5. The number of aromatic nitrogens is 1. The molecule has 1 N–H and O–H groups in total. The van der Waals surface area contributed by atoms with Crippen LogP contribution in [0.3, 0.4) is 0 Å². The third-order valence-corrected chi connectivity index (χ3v) is 4.95. The zero-order chi connectivity index (χ0) is 16.7. The highest BCUT2D eigenvalue weighted by atomic mass is 31.2. The quantitative estimate of drug-likeness (QED) is 0.740. The fraction of sp³-hybridized carbons (Fsp3) is 0.312. The van der Waals surface area contributed by atoms with Crippen molar-refractivity contribution >= 4 is 31.1 Å². The van der Waals surface area contributed by atoms with E-state index in [-0.39, 0.29) is 24.5 Å². The molecule has 2 rings (SSSR count). The summed E-state index contributed by atoms with van der Waals surface area (Å²) in [5.41, 5.74) is 1.17. The summed E-state index contributed by atoms with van der Waals surface area (Å²) in [4.78, 5) is 4.28. The van der Waals surface area contributed by atoms with Crippen molar-refractivity contribution in [2.45, 2.75) is 13.8 Å². The minimum Gasteiger partial charge on any atom is -0.420 e. The van der Waals surface area contributed by atoms with Gasteiger partial charge in [-0.05, 0) is 25.5 Å². The van der Waals surface area contributed by atoms with E-state index in [2.05, 4.69) is 10.3 Å². The summed E-state index contributed by atoms with van der Waals surface area (Å²) >= 11 is 0. The number of hydrogen-bond acceptors (Lipinski definition) is 6. The van der Waals surface area contributed by atoms with Gasteiger partial charge in [0.2, 0.25) is 17.2 Å². The third-order valence-electron chi connectivity index (χ3n) is 2.93. The molecule has 0 atom stereocenters. The molecule has 0 aliphatic heterocycles. The molecule has 0 saturated carbocycles. The van der Waals surface area contributed by atoms with Crippen molar-refractivity contribution in [1.29, 1.82) is 0 Å². The van der Waals surface area contributed by atoms with E-state index in [9.17, 15) is 4.57 Å². The van der Waals surface area contributed by atoms with Crippen molar-refractivity contribution in [2.24, 2.45) is 0 Å². The molecule has 0 unspecified atom stereocenters. The zero-order valence-corrected chi connectivity index (χ0v) is 14.4. The third kappa shape index (κ3) is 4.32. The average Bonchev–Trinajstić information content (AvgIpc) is 2.98. The summed E-state index contributed by atoms with van der Waals surface area (Å²) in [7, 11) is -1.84. The molecule has 7 heteroatoms. The number of hydrogen-bond donors (Lipinski definition) is 1. The second kappa shape index (κ2) is 8.11. The van der Waals surface area contributed by atoms with Crippen LogP contribution in [0.2, 0.25) is 0 Å². The molecule has 0 saturated heterocycles. The fourth-order valence-electron chi connectivity index (χ4n) is 1.98. The minimum atomic E-state index is -3.50. The number of nitrogens with zero attached hydrogens (tertiary/aromatic N) is 1. The lowest BCUT2D eigenvalue weighted by Gasteiger charge is -2.14. The van der Waals surface area contributed by atoms with E-state index in [1.54, 1.807) is 27.0 Å². The second-order valence-corrected chi connectivity index (χ2v) is 6.47. The molecule has 1 heterocycles. The average molecular weight is 336 g/mol. The fourth-order valence-corrected chi connectivity index (χ4v) is 3.61. The summed E-state index contributed by atoms with van der Waals surface area (Å²) in [5.74, 6) is 0.607. The Hall–Kier alpha value is -1.88. The molecule has 0 radical (unpaired) electrons. The topological polar surface area (TPSA) is 73.6 Å². The molecule has 2 aromatic rings. The van der Waals surface area contributed by atoms with Gasteiger partial charge in [-0.3, -0.25) is 4.57 Å². The molecule has 0 aliphatic carbocycles. The normalized spacial score (nSPS) is 12.0. The van der Waals surface area contributed by atoms with Gasteiger partial charge in [0.15, 0.2) is 0 Å². The number of rotatable bonds is 8. The van der Waals surface area contributed by atoms with Crippen LogP contribution in [0.5, 0.6) is 0 Å². The van der Waals surface area contributed by atoms with Gasteiger partial charge in [0.25, 0.3) is 0 Å². The molecule has 1 aromatic heterocycles. The molecule has 23 heavy (non-hydrogen) atoms. The molecule has 0 bridgehead atoms. The molecule has 0 fully saturated rings. The van der Waals surface area contributed by atoms with E-state index in [1.165, 1.54) is 0 Å². The monoisotopic (exact) mass is 336 g/mol. The van der Waals surface area contributed by atoms with Gasteiger partial charge in [-0.25, -0.2) is 0 Å². The van der Waals surface area contributed by atoms with Crippen LogP contribution < -0.4 is 10.8 Å². The standard InChI is InChI=1S/C16H21N2O4P/c1-4-20-23(19,21-5-2)16-15(17-3)22-14(18-16)12-11-13-9-7-6-8-10-13/h6-12,17H,4-5H2,1-3H3/b12-11+. The predicted molar refractivity (Wildman–Crippen MR) is 91.9 cm³/mol. The van der Waals surface area contributed by atoms with Crippen LogP contribution in [0.1, 0.15) is 25.3 Å². The maximum atomic E-state index is 12.9. The highest BCUT2D eigenvalue weighted by Gasteiger charge is 2.34. The van der Waals surface area contributed by atoms with E-state index in [0.717, 1.165) is 5.56 Å². The number of benzene rings is 1. The Balaban J connectivity index is 2.33. The van der Waals surface area contributed by atoms with Crippen LogP contribution in [0.4, 0.5) is 5.88 Å². The molecule has 0 aliphatic rings. The van der Waals surface area contributed by atoms with Gasteiger partial charge in [-0.2, -0.15) is 4.98 Å². The Bertz CT molecular complexity index is 687. The predicted octanol–water partition coefficient (Wildman–Crippen LogP) is 3.78. The maximum Gasteiger partial charge on any atom is 0.385 e. The first-order chi connectivity index (χ1) is 11.1. The second-order valence-electron chi connectivity index (χ2n) is 4.53. The van der Waals surface area contributed by atoms with Crippen molar-refractivity contribution < 1.29 is 18.0 Å². The van der Waals surface area contributed by atoms with Crippen LogP contribution in [0.15, 0.2) is 34.7 Å². The number of anilines is 1. The molecule has 0 spiro atoms. The van der Waals surface area contributed by atoms with Gasteiger partial charge >= 0.3 is 7.60 Å². The Morgan fingerprint density at radius 2 is 1.83 bits per heavy atom. The first-order valence-corrected chi connectivity index (χ1v) is 8.98. The smallest absolute Gasteiger partial charge is 0.385 e. The molecule has 6 nitrogen and oxygen atoms in total. The van der Waals surface area contributed by atoms with Crippen molar-refractivity contribution in [3.63, 3.8) is 0 Å². The highest BCUT2D eigenvalue weighted by Crippen LogP contribution is 2.48. The van der Waals surface area contributed by atoms with Crippen molar-refractivity contribution in [3.8, 4) is 0 Å². The van der Waals surface area contributed by atoms with Crippen LogP contribution >= 0.6 is 7.60 Å². The van der Waals surface area contributed by atoms with Crippen LogP contribution in [0.25, 0.3) is 12.2 Å². The number of nitrogens with one attached hydrogen (secondary N) is 1. The van der Waals surface area contributed by atoms with Gasteiger partial charge in [-0.15, -0.1) is 0 Å². The Kier molecular flexibility index (Phi) is 6.16. The molecule has 124 valence electrons. The Labute approximate surface area is 136 Å². The van der Waals surface area contributed by atoms with E-state index in [1.807, 2.05) is 36.4 Å². The van der Waals surface area contributed by atoms with Crippen LogP contribution in [-0.4, -0.2) is 25.2 Å². The first kappa shape index (κ1) is 17.5. The summed E-state index contributed by atoms with van der Waals surface area (Å²) in [5, 5.41) is 2.84. The summed E-state index contributed by atoms with van der Waals surface area (Å²) in [6.45, 7) is 4.01. The van der Waals surface area contributed by atoms with E-state index in [4.69, 9.17) is 13.5 Å². The lowest BCUT2D eigenvalue weighted by Crippen LogP contribution is -2.15. The largest absolute Gasteiger partial charge is 0.420 e.